The molecule has 0 aromatic heterocycles. The van der Waals surface area contributed by atoms with Crippen LogP contribution in [0.5, 0.6) is 5.75 Å². The molecule has 0 saturated carbocycles. The fourth-order valence-electron chi connectivity index (χ4n) is 2.72. The van der Waals surface area contributed by atoms with Crippen molar-refractivity contribution in [2.24, 2.45) is 0 Å². The van der Waals surface area contributed by atoms with Crippen molar-refractivity contribution >= 4 is 23.3 Å². The number of hydrogen-bond donors (Lipinski definition) is 1. The van der Waals surface area contributed by atoms with E-state index in [0.717, 1.165) is 22.8 Å². The minimum Gasteiger partial charge on any atom is -0.477 e. The van der Waals surface area contributed by atoms with Gasteiger partial charge in [-0.3, -0.25) is 14.9 Å². The number of benzene rings is 2. The number of methoxy groups -OCH3 is 1. The van der Waals surface area contributed by atoms with E-state index in [-0.39, 0.29) is 11.3 Å². The molecule has 0 saturated heterocycles. The lowest BCUT2D eigenvalue weighted by molar-refractivity contribution is -0.385. The van der Waals surface area contributed by atoms with E-state index in [9.17, 15) is 19.7 Å². The Morgan fingerprint density at radius 3 is 2.30 bits per heavy atom. The van der Waals surface area contributed by atoms with E-state index >= 15 is 0 Å². The number of ether oxygens (including phenoxy) is 2. The van der Waals surface area contributed by atoms with Crippen LogP contribution in [0.3, 0.4) is 0 Å². The summed E-state index contributed by atoms with van der Waals surface area (Å²) >= 11 is 0. The molecule has 2 aromatic rings. The number of carbonyl (C=O) groups is 2. The topological polar surface area (TPSA) is 108 Å². The van der Waals surface area contributed by atoms with Crippen LogP contribution in [0.25, 0.3) is 0 Å². The molecule has 2 aromatic carbocycles. The second-order valence-electron chi connectivity index (χ2n) is 6.04. The molecule has 2 rings (SSSR count). The molecule has 1 N–H and O–H groups in total. The van der Waals surface area contributed by atoms with Crippen molar-refractivity contribution in [3.8, 4) is 5.75 Å². The number of anilines is 1. The van der Waals surface area contributed by atoms with Gasteiger partial charge in [0.15, 0.2) is 12.4 Å². The molecule has 0 spiro atoms. The molecule has 0 aliphatic rings. The van der Waals surface area contributed by atoms with Crippen LogP contribution in [-0.4, -0.2) is 30.5 Å². The zero-order valence-corrected chi connectivity index (χ0v) is 15.5. The molecule has 8 nitrogen and oxygen atoms in total. The average molecular weight is 372 g/mol. The molecule has 0 fully saturated rings. The molecule has 0 atom stereocenters. The Morgan fingerprint density at radius 1 is 1.11 bits per heavy atom. The number of esters is 1. The summed E-state index contributed by atoms with van der Waals surface area (Å²) in [5, 5.41) is 14.0. The number of rotatable bonds is 6. The van der Waals surface area contributed by atoms with Crippen molar-refractivity contribution in [1.82, 2.24) is 0 Å². The summed E-state index contributed by atoms with van der Waals surface area (Å²) in [6.07, 6.45) is 0. The number of nitrogens with one attached hydrogen (secondary N) is 1. The van der Waals surface area contributed by atoms with E-state index < -0.39 is 29.1 Å². The summed E-state index contributed by atoms with van der Waals surface area (Å²) < 4.78 is 9.84. The Labute approximate surface area is 156 Å². The molecule has 0 radical (unpaired) electrons. The highest BCUT2D eigenvalue weighted by Gasteiger charge is 2.20. The van der Waals surface area contributed by atoms with Crippen LogP contribution in [0.15, 0.2) is 30.3 Å². The number of nitro groups is 1. The van der Waals surface area contributed by atoms with Gasteiger partial charge in [-0.25, -0.2) is 4.79 Å². The fourth-order valence-corrected chi connectivity index (χ4v) is 2.72. The van der Waals surface area contributed by atoms with Gasteiger partial charge in [-0.1, -0.05) is 17.7 Å². The van der Waals surface area contributed by atoms with Crippen molar-refractivity contribution in [3.05, 3.63) is 62.7 Å². The largest absolute Gasteiger partial charge is 0.477 e. The Kier molecular flexibility index (Phi) is 6.12. The Bertz CT molecular complexity index is 884. The molecule has 0 unspecified atom stereocenters. The first-order valence-corrected chi connectivity index (χ1v) is 8.10. The molecule has 8 heteroatoms. The number of nitrogens with zero attached hydrogens (tertiary/aromatic N) is 1. The molecule has 142 valence electrons. The predicted octanol–water partition coefficient (Wildman–Crippen LogP) is 3.32. The maximum absolute atomic E-state index is 12.2. The highest BCUT2D eigenvalue weighted by atomic mass is 16.6. The van der Waals surface area contributed by atoms with E-state index in [0.29, 0.717) is 5.69 Å². The third-order valence-electron chi connectivity index (χ3n) is 3.88. The summed E-state index contributed by atoms with van der Waals surface area (Å²) in [5.74, 6) is -1.26. The summed E-state index contributed by atoms with van der Waals surface area (Å²) in [7, 11) is 1.18. The number of aryl methyl sites for hydroxylation is 3. The second-order valence-corrected chi connectivity index (χ2v) is 6.04. The number of nitro benzene ring substituents is 1. The molecular formula is C19H20N2O6. The van der Waals surface area contributed by atoms with Crippen LogP contribution >= 0.6 is 0 Å². The highest BCUT2D eigenvalue weighted by Crippen LogP contribution is 2.28. The van der Waals surface area contributed by atoms with Crippen molar-refractivity contribution in [2.45, 2.75) is 20.8 Å². The van der Waals surface area contributed by atoms with Gasteiger partial charge in [0.05, 0.1) is 17.6 Å². The zero-order chi connectivity index (χ0) is 20.1. The summed E-state index contributed by atoms with van der Waals surface area (Å²) in [5.41, 5.74) is 3.19. The Balaban J connectivity index is 2.13. The van der Waals surface area contributed by atoms with Gasteiger partial charge >= 0.3 is 11.7 Å². The summed E-state index contributed by atoms with van der Waals surface area (Å²) in [4.78, 5) is 34.2. The number of amides is 1. The molecule has 0 bridgehead atoms. The van der Waals surface area contributed by atoms with E-state index in [2.05, 4.69) is 10.1 Å². The standard InChI is InChI=1S/C19H20N2O6/c1-11-7-12(2)18(13(3)8-11)20-17(22)10-27-16-6-5-14(19(23)26-4)9-15(16)21(24)25/h5-9H,10H2,1-4H3,(H,20,22). The van der Waals surface area contributed by atoms with E-state index in [4.69, 9.17) is 4.74 Å². The maximum atomic E-state index is 12.2. The van der Waals surface area contributed by atoms with E-state index in [1.54, 1.807) is 0 Å². The van der Waals surface area contributed by atoms with Crippen molar-refractivity contribution in [2.75, 3.05) is 19.0 Å². The normalized spacial score (nSPS) is 10.2. The van der Waals surface area contributed by atoms with Crippen LogP contribution < -0.4 is 10.1 Å². The first-order valence-electron chi connectivity index (χ1n) is 8.10. The van der Waals surface area contributed by atoms with Gasteiger partial charge in [-0.15, -0.1) is 0 Å². The number of carbonyl (C=O) groups excluding carboxylic acids is 2. The Morgan fingerprint density at radius 2 is 1.74 bits per heavy atom. The zero-order valence-electron chi connectivity index (χ0n) is 15.5. The molecule has 27 heavy (non-hydrogen) atoms. The van der Waals surface area contributed by atoms with Crippen LogP contribution in [0.1, 0.15) is 27.0 Å². The van der Waals surface area contributed by atoms with Crippen LogP contribution in [0.4, 0.5) is 11.4 Å². The van der Waals surface area contributed by atoms with Gasteiger partial charge in [0.25, 0.3) is 5.91 Å². The van der Waals surface area contributed by atoms with Gasteiger partial charge in [0, 0.05) is 11.8 Å². The van der Waals surface area contributed by atoms with Gasteiger partial charge in [-0.2, -0.15) is 0 Å². The molecule has 1 amide bonds. The third kappa shape index (κ3) is 4.81. The average Bonchev–Trinajstić information content (AvgIpc) is 2.62. The van der Waals surface area contributed by atoms with Crippen LogP contribution in [-0.2, 0) is 9.53 Å². The fraction of sp³-hybridized carbons (Fsp3) is 0.263. The minimum atomic E-state index is -0.701. The van der Waals surface area contributed by atoms with Gasteiger partial charge in [-0.05, 0) is 44.0 Å². The van der Waals surface area contributed by atoms with E-state index in [1.807, 2.05) is 32.9 Å². The highest BCUT2D eigenvalue weighted by molar-refractivity contribution is 5.93. The maximum Gasteiger partial charge on any atom is 0.338 e. The lowest BCUT2D eigenvalue weighted by Gasteiger charge is -2.13. The van der Waals surface area contributed by atoms with Crippen molar-refractivity contribution in [1.29, 1.82) is 0 Å². The minimum absolute atomic E-state index is 0.0203. The van der Waals surface area contributed by atoms with Gasteiger partial charge in [0.2, 0.25) is 0 Å². The number of hydrogen-bond acceptors (Lipinski definition) is 6. The third-order valence-corrected chi connectivity index (χ3v) is 3.88. The van der Waals surface area contributed by atoms with Crippen LogP contribution in [0, 0.1) is 30.9 Å². The first-order chi connectivity index (χ1) is 12.7. The smallest absolute Gasteiger partial charge is 0.338 e. The van der Waals surface area contributed by atoms with Gasteiger partial charge in [0.1, 0.15) is 0 Å². The second kappa shape index (κ2) is 8.31. The predicted molar refractivity (Wildman–Crippen MR) is 99.2 cm³/mol. The Hall–Kier alpha value is -3.42. The monoisotopic (exact) mass is 372 g/mol. The molecule has 0 aliphatic carbocycles. The summed E-state index contributed by atoms with van der Waals surface area (Å²) in [6.45, 7) is 5.32. The van der Waals surface area contributed by atoms with E-state index in [1.165, 1.54) is 19.2 Å². The lowest BCUT2D eigenvalue weighted by atomic mass is 10.1. The summed E-state index contributed by atoms with van der Waals surface area (Å²) in [6, 6.07) is 7.54. The molecule has 0 aliphatic heterocycles. The SMILES string of the molecule is COC(=O)c1ccc(OCC(=O)Nc2c(C)cc(C)cc2C)c([N+](=O)[O-])c1. The molecular weight excluding hydrogens is 352 g/mol. The lowest BCUT2D eigenvalue weighted by Crippen LogP contribution is -2.21. The quantitative estimate of drug-likeness (QED) is 0.473. The van der Waals surface area contributed by atoms with Crippen molar-refractivity contribution < 1.29 is 24.0 Å². The first kappa shape index (κ1) is 19.9. The van der Waals surface area contributed by atoms with Gasteiger partial charge < -0.3 is 14.8 Å². The van der Waals surface area contributed by atoms with Crippen molar-refractivity contribution in [3.63, 3.8) is 0 Å². The molecule has 0 heterocycles. The van der Waals surface area contributed by atoms with Crippen LogP contribution in [0.2, 0.25) is 0 Å².